The number of ether oxygens (including phenoxy) is 1. The van der Waals surface area contributed by atoms with Crippen molar-refractivity contribution in [2.24, 2.45) is 5.10 Å². The minimum Gasteiger partial charge on any atom is -0.444 e. The summed E-state index contributed by atoms with van der Waals surface area (Å²) in [5, 5.41) is 5.57. The van der Waals surface area contributed by atoms with Crippen molar-refractivity contribution in [3.8, 4) is 0 Å². The topological polar surface area (TPSA) is 45.1 Å². The molecule has 2 heterocycles. The van der Waals surface area contributed by atoms with Crippen LogP contribution in [0.15, 0.2) is 40.2 Å². The number of likely N-dealkylation sites (N-methyl/N-ethyl adjacent to an activating group) is 1. The third-order valence-corrected chi connectivity index (χ3v) is 3.43. The lowest BCUT2D eigenvalue weighted by Crippen LogP contribution is -2.17. The Morgan fingerprint density at radius 2 is 1.95 bits per heavy atom. The van der Waals surface area contributed by atoms with Crippen molar-refractivity contribution in [1.29, 1.82) is 0 Å². The lowest BCUT2D eigenvalue weighted by atomic mass is 10.1. The Bertz CT molecular complexity index is 541. The molecule has 0 aromatic carbocycles. The molecule has 0 saturated carbocycles. The Labute approximate surface area is 113 Å². The standard InChI is InChI=1S/C14H19N3O2/c1-6-12-11(14(18)17(5)15-12)7-8-13-16(4)9(2)10(3)19-13/h7-8H,6H2,1-5H3/b11-7+,13-8+. The van der Waals surface area contributed by atoms with Crippen molar-refractivity contribution in [2.45, 2.75) is 27.2 Å². The van der Waals surface area contributed by atoms with Gasteiger partial charge in [-0.1, -0.05) is 6.92 Å². The number of rotatable bonds is 2. The summed E-state index contributed by atoms with van der Waals surface area (Å²) in [6.45, 7) is 5.91. The average molecular weight is 261 g/mol. The monoisotopic (exact) mass is 261 g/mol. The van der Waals surface area contributed by atoms with E-state index < -0.39 is 0 Å². The summed E-state index contributed by atoms with van der Waals surface area (Å²) in [5.41, 5.74) is 2.52. The van der Waals surface area contributed by atoms with Crippen molar-refractivity contribution >= 4 is 11.6 Å². The van der Waals surface area contributed by atoms with E-state index in [0.29, 0.717) is 5.57 Å². The minimum absolute atomic E-state index is 0.0734. The van der Waals surface area contributed by atoms with E-state index in [9.17, 15) is 4.79 Å². The van der Waals surface area contributed by atoms with Crippen LogP contribution in [0.4, 0.5) is 0 Å². The maximum atomic E-state index is 11.9. The van der Waals surface area contributed by atoms with Gasteiger partial charge in [0.2, 0.25) is 0 Å². The third kappa shape index (κ3) is 2.28. The summed E-state index contributed by atoms with van der Waals surface area (Å²) >= 11 is 0. The van der Waals surface area contributed by atoms with Gasteiger partial charge in [0.25, 0.3) is 5.91 Å². The van der Waals surface area contributed by atoms with Gasteiger partial charge in [-0.05, 0) is 32.4 Å². The molecular formula is C14H19N3O2. The van der Waals surface area contributed by atoms with Gasteiger partial charge in [0, 0.05) is 14.1 Å². The van der Waals surface area contributed by atoms with Crippen LogP contribution in [0.1, 0.15) is 27.2 Å². The minimum atomic E-state index is -0.0734. The summed E-state index contributed by atoms with van der Waals surface area (Å²) in [7, 11) is 3.60. The van der Waals surface area contributed by atoms with Gasteiger partial charge in [0.05, 0.1) is 17.0 Å². The number of hydrogen-bond acceptors (Lipinski definition) is 4. The molecule has 0 aromatic rings. The number of carbonyl (C=O) groups excluding carboxylic acids is 1. The van der Waals surface area contributed by atoms with Crippen LogP contribution in [0.3, 0.4) is 0 Å². The van der Waals surface area contributed by atoms with Gasteiger partial charge in [-0.15, -0.1) is 0 Å². The summed E-state index contributed by atoms with van der Waals surface area (Å²) in [5.74, 6) is 1.53. The molecule has 5 nitrogen and oxygen atoms in total. The van der Waals surface area contributed by atoms with E-state index in [2.05, 4.69) is 5.10 Å². The van der Waals surface area contributed by atoms with E-state index in [1.807, 2.05) is 38.8 Å². The number of nitrogens with zero attached hydrogens (tertiary/aromatic N) is 3. The van der Waals surface area contributed by atoms with Crippen LogP contribution in [-0.4, -0.2) is 35.6 Å². The van der Waals surface area contributed by atoms with Crippen LogP contribution in [0, 0.1) is 0 Å². The summed E-state index contributed by atoms with van der Waals surface area (Å²) in [6.07, 6.45) is 4.33. The zero-order chi connectivity index (χ0) is 14.2. The maximum absolute atomic E-state index is 11.9. The van der Waals surface area contributed by atoms with E-state index in [1.165, 1.54) is 5.01 Å². The highest BCUT2D eigenvalue weighted by Crippen LogP contribution is 2.26. The fraction of sp³-hybridized carbons (Fsp3) is 0.429. The van der Waals surface area contributed by atoms with E-state index in [1.54, 1.807) is 13.1 Å². The van der Waals surface area contributed by atoms with Gasteiger partial charge < -0.3 is 9.64 Å². The second-order valence-corrected chi connectivity index (χ2v) is 4.62. The molecule has 102 valence electrons. The molecule has 0 bridgehead atoms. The number of allylic oxidation sites excluding steroid dienone is 4. The van der Waals surface area contributed by atoms with Crippen LogP contribution in [-0.2, 0) is 9.53 Å². The highest BCUT2D eigenvalue weighted by molar-refractivity contribution is 6.24. The fourth-order valence-electron chi connectivity index (χ4n) is 2.01. The Balaban J connectivity index is 2.25. The molecule has 5 heteroatoms. The SMILES string of the molecule is CCC1=NN(C)C(=O)/C1=C/C=C1/OC(C)=C(C)N1C. The summed E-state index contributed by atoms with van der Waals surface area (Å²) < 4.78 is 5.63. The number of hydrogen-bond donors (Lipinski definition) is 0. The highest BCUT2D eigenvalue weighted by atomic mass is 16.5. The molecule has 19 heavy (non-hydrogen) atoms. The van der Waals surface area contributed by atoms with Crippen molar-refractivity contribution < 1.29 is 9.53 Å². The van der Waals surface area contributed by atoms with Crippen molar-refractivity contribution in [2.75, 3.05) is 14.1 Å². The molecular weight excluding hydrogens is 242 g/mol. The highest BCUT2D eigenvalue weighted by Gasteiger charge is 2.26. The first-order valence-corrected chi connectivity index (χ1v) is 6.32. The van der Waals surface area contributed by atoms with Crippen LogP contribution < -0.4 is 0 Å². The summed E-state index contributed by atoms with van der Waals surface area (Å²) in [4.78, 5) is 13.9. The largest absolute Gasteiger partial charge is 0.444 e. The molecule has 0 N–H and O–H groups in total. The molecule has 0 atom stereocenters. The zero-order valence-corrected chi connectivity index (χ0v) is 12.0. The van der Waals surface area contributed by atoms with Gasteiger partial charge >= 0.3 is 0 Å². The van der Waals surface area contributed by atoms with E-state index in [-0.39, 0.29) is 5.91 Å². The lowest BCUT2D eigenvalue weighted by Gasteiger charge is -2.11. The zero-order valence-electron chi connectivity index (χ0n) is 12.0. The predicted octanol–water partition coefficient (Wildman–Crippen LogP) is 2.21. The second-order valence-electron chi connectivity index (χ2n) is 4.62. The first kappa shape index (κ1) is 13.4. The molecule has 0 unspecified atom stereocenters. The average Bonchev–Trinajstić information content (AvgIpc) is 2.80. The number of carbonyl (C=O) groups is 1. The molecule has 2 aliphatic rings. The van der Waals surface area contributed by atoms with Gasteiger partial charge in [0.1, 0.15) is 5.76 Å². The Kier molecular flexibility index (Phi) is 3.46. The molecule has 0 spiro atoms. The van der Waals surface area contributed by atoms with E-state index in [4.69, 9.17) is 4.74 Å². The first-order valence-electron chi connectivity index (χ1n) is 6.32. The fourth-order valence-corrected chi connectivity index (χ4v) is 2.01. The van der Waals surface area contributed by atoms with Crippen LogP contribution >= 0.6 is 0 Å². The smallest absolute Gasteiger partial charge is 0.275 e. The Morgan fingerprint density at radius 3 is 2.47 bits per heavy atom. The van der Waals surface area contributed by atoms with Gasteiger partial charge in [0.15, 0.2) is 5.88 Å². The molecule has 0 aromatic heterocycles. The third-order valence-electron chi connectivity index (χ3n) is 3.43. The van der Waals surface area contributed by atoms with Gasteiger partial charge in [-0.3, -0.25) is 4.79 Å². The van der Waals surface area contributed by atoms with Crippen molar-refractivity contribution in [3.05, 3.63) is 35.1 Å². The first-order chi connectivity index (χ1) is 8.95. The second kappa shape index (κ2) is 4.91. The lowest BCUT2D eigenvalue weighted by molar-refractivity contribution is -0.124. The maximum Gasteiger partial charge on any atom is 0.275 e. The normalized spacial score (nSPS) is 23.8. The van der Waals surface area contributed by atoms with Gasteiger partial charge in [-0.25, -0.2) is 5.01 Å². The number of hydrazone groups is 1. The van der Waals surface area contributed by atoms with Crippen molar-refractivity contribution in [3.63, 3.8) is 0 Å². The molecule has 2 rings (SSSR count). The molecule has 2 aliphatic heterocycles. The predicted molar refractivity (Wildman–Crippen MR) is 73.9 cm³/mol. The Hall–Kier alpha value is -2.04. The van der Waals surface area contributed by atoms with Crippen molar-refractivity contribution in [1.82, 2.24) is 9.91 Å². The van der Waals surface area contributed by atoms with Crippen LogP contribution in [0.5, 0.6) is 0 Å². The van der Waals surface area contributed by atoms with E-state index in [0.717, 1.165) is 29.5 Å². The van der Waals surface area contributed by atoms with Crippen LogP contribution in [0.25, 0.3) is 0 Å². The Morgan fingerprint density at radius 1 is 1.26 bits per heavy atom. The van der Waals surface area contributed by atoms with Gasteiger partial charge in [-0.2, -0.15) is 5.10 Å². The van der Waals surface area contributed by atoms with Crippen LogP contribution in [0.2, 0.25) is 0 Å². The molecule has 1 amide bonds. The molecule has 0 saturated heterocycles. The molecule has 0 aliphatic carbocycles. The summed E-state index contributed by atoms with van der Waals surface area (Å²) in [6, 6.07) is 0. The quantitative estimate of drug-likeness (QED) is 0.716. The van der Waals surface area contributed by atoms with E-state index >= 15 is 0 Å². The molecule has 0 fully saturated rings. The molecule has 0 radical (unpaired) electrons. The number of amides is 1.